The first kappa shape index (κ1) is 36.1. The summed E-state index contributed by atoms with van der Waals surface area (Å²) < 4.78 is 12.9. The molecule has 1 fully saturated rings. The second kappa shape index (κ2) is 16.4. The SMILES string of the molecule is COCC1(C(=O)N2CCNC(=O)[C@@H](CC(C)C)NC(=O)[C@H]([C@@H](C)O)NC(=O)c3ccc(c(Cl)c3)OCCCn3cc(nn3)CC2)CC1. The van der Waals surface area contributed by atoms with Crippen LogP contribution in [0.5, 0.6) is 5.75 Å². The van der Waals surface area contributed by atoms with Crippen LogP contribution in [0.25, 0.3) is 0 Å². The number of hydrogen-bond donors (Lipinski definition) is 4. The maximum atomic E-state index is 13.6. The van der Waals surface area contributed by atoms with Gasteiger partial charge in [0.25, 0.3) is 5.91 Å². The van der Waals surface area contributed by atoms with Crippen LogP contribution in [0, 0.1) is 11.3 Å². The van der Waals surface area contributed by atoms with Gasteiger partial charge in [0.1, 0.15) is 17.8 Å². The Morgan fingerprint density at radius 3 is 2.57 bits per heavy atom. The fourth-order valence-corrected chi connectivity index (χ4v) is 5.74. The molecule has 0 radical (unpaired) electrons. The minimum atomic E-state index is -1.34. The van der Waals surface area contributed by atoms with Crippen LogP contribution in [0.4, 0.5) is 0 Å². The zero-order valence-electron chi connectivity index (χ0n) is 27.5. The van der Waals surface area contributed by atoms with Gasteiger partial charge in [-0.3, -0.25) is 23.9 Å². The lowest BCUT2D eigenvalue weighted by Crippen LogP contribution is -2.57. The number of carbonyl (C=O) groups is 4. The zero-order valence-corrected chi connectivity index (χ0v) is 28.2. The van der Waals surface area contributed by atoms with Gasteiger partial charge in [0, 0.05) is 57.9 Å². The van der Waals surface area contributed by atoms with Gasteiger partial charge in [0.05, 0.1) is 35.4 Å². The highest BCUT2D eigenvalue weighted by Gasteiger charge is 2.51. The number of benzene rings is 1. The first-order valence-corrected chi connectivity index (χ1v) is 16.5. The molecule has 4 amide bonds. The number of nitrogens with zero attached hydrogens (tertiary/aromatic N) is 4. The van der Waals surface area contributed by atoms with E-state index >= 15 is 0 Å². The summed E-state index contributed by atoms with van der Waals surface area (Å²) in [7, 11) is 1.58. The number of halogens is 1. The molecular weight excluding hydrogens is 630 g/mol. The molecule has 15 heteroatoms. The number of aliphatic hydroxyl groups is 1. The number of fused-ring (bicyclic) bond motifs is 17. The third-order valence-corrected chi connectivity index (χ3v) is 8.59. The molecule has 2 aromatic rings. The second-order valence-corrected chi connectivity index (χ2v) is 13.2. The third kappa shape index (κ3) is 9.88. The van der Waals surface area contributed by atoms with Crippen molar-refractivity contribution in [3.05, 3.63) is 40.7 Å². The maximum Gasteiger partial charge on any atom is 0.252 e. The number of carbonyl (C=O) groups excluding carboxylic acids is 4. The van der Waals surface area contributed by atoms with Gasteiger partial charge in [-0.1, -0.05) is 30.7 Å². The molecule has 258 valence electrons. The molecular formula is C32H46ClN7O7. The Labute approximate surface area is 279 Å². The lowest BCUT2D eigenvalue weighted by atomic mass is 10.0. The molecule has 4 N–H and O–H groups in total. The van der Waals surface area contributed by atoms with Gasteiger partial charge < -0.3 is 35.4 Å². The Kier molecular flexibility index (Phi) is 12.6. The van der Waals surface area contributed by atoms with Gasteiger partial charge in [-0.05, 0) is 50.3 Å². The van der Waals surface area contributed by atoms with E-state index in [0.717, 1.165) is 18.5 Å². The number of aryl methyl sites for hydroxylation is 1. The van der Waals surface area contributed by atoms with Crippen molar-refractivity contribution in [2.75, 3.05) is 40.0 Å². The van der Waals surface area contributed by atoms with E-state index in [2.05, 4.69) is 26.3 Å². The number of methoxy groups -OCH3 is 1. The molecule has 3 heterocycles. The molecule has 1 aliphatic carbocycles. The van der Waals surface area contributed by atoms with E-state index < -0.39 is 41.3 Å². The van der Waals surface area contributed by atoms with Crippen LogP contribution in [0.15, 0.2) is 24.4 Å². The second-order valence-electron chi connectivity index (χ2n) is 12.7. The van der Waals surface area contributed by atoms with E-state index in [1.54, 1.807) is 22.8 Å². The summed E-state index contributed by atoms with van der Waals surface area (Å²) in [6.07, 6.45) is 3.43. The summed E-state index contributed by atoms with van der Waals surface area (Å²) in [4.78, 5) is 55.2. The topological polar surface area (TPSA) is 177 Å². The van der Waals surface area contributed by atoms with E-state index in [9.17, 15) is 24.3 Å². The molecule has 1 aromatic carbocycles. The van der Waals surface area contributed by atoms with Crippen molar-refractivity contribution in [1.82, 2.24) is 35.8 Å². The number of aliphatic hydroxyl groups excluding tert-OH is 1. The molecule has 5 rings (SSSR count). The highest BCUT2D eigenvalue weighted by atomic mass is 35.5. The van der Waals surface area contributed by atoms with E-state index in [-0.39, 0.29) is 35.5 Å². The Morgan fingerprint density at radius 1 is 1.15 bits per heavy atom. The summed E-state index contributed by atoms with van der Waals surface area (Å²) in [6.45, 7) is 7.17. The molecule has 0 unspecified atom stereocenters. The van der Waals surface area contributed by atoms with Crippen molar-refractivity contribution in [3.63, 3.8) is 0 Å². The van der Waals surface area contributed by atoms with Crippen molar-refractivity contribution in [2.45, 2.75) is 77.6 Å². The zero-order chi connectivity index (χ0) is 34.1. The number of nitrogens with one attached hydrogen (secondary N) is 3. The quantitative estimate of drug-likeness (QED) is 0.329. The highest BCUT2D eigenvalue weighted by molar-refractivity contribution is 6.32. The largest absolute Gasteiger partial charge is 0.492 e. The molecule has 3 atom stereocenters. The predicted octanol–water partition coefficient (Wildman–Crippen LogP) is 1.34. The average Bonchev–Trinajstić information content (AvgIpc) is 3.67. The summed E-state index contributed by atoms with van der Waals surface area (Å²) in [5, 5.41) is 27.2. The Bertz CT molecular complexity index is 1410. The molecule has 1 saturated carbocycles. The van der Waals surface area contributed by atoms with Gasteiger partial charge in [-0.2, -0.15) is 0 Å². The van der Waals surface area contributed by atoms with Gasteiger partial charge in [-0.15, -0.1) is 5.10 Å². The molecule has 14 nitrogen and oxygen atoms in total. The van der Waals surface area contributed by atoms with Crippen LogP contribution in [0.2, 0.25) is 5.02 Å². The molecule has 3 aliphatic rings. The number of ether oxygens (including phenoxy) is 2. The number of aromatic nitrogens is 3. The minimum absolute atomic E-state index is 0.0337. The van der Waals surface area contributed by atoms with Crippen molar-refractivity contribution >= 4 is 35.2 Å². The Morgan fingerprint density at radius 2 is 1.91 bits per heavy atom. The van der Waals surface area contributed by atoms with E-state index in [0.29, 0.717) is 51.3 Å². The highest BCUT2D eigenvalue weighted by Crippen LogP contribution is 2.47. The minimum Gasteiger partial charge on any atom is -0.492 e. The Balaban J connectivity index is 1.56. The summed E-state index contributed by atoms with van der Waals surface area (Å²) in [5.74, 6) is -1.39. The van der Waals surface area contributed by atoms with Crippen molar-refractivity contribution in [2.24, 2.45) is 11.3 Å². The van der Waals surface area contributed by atoms with Crippen molar-refractivity contribution in [1.29, 1.82) is 0 Å². The van der Waals surface area contributed by atoms with Gasteiger partial charge in [0.2, 0.25) is 17.7 Å². The average molecular weight is 676 g/mol. The van der Waals surface area contributed by atoms with Crippen molar-refractivity contribution < 1.29 is 33.8 Å². The normalized spacial score (nSPS) is 22.0. The van der Waals surface area contributed by atoms with Gasteiger partial charge in [0.15, 0.2) is 0 Å². The van der Waals surface area contributed by atoms with E-state index in [1.165, 1.54) is 19.1 Å². The Hall–Kier alpha value is -3.75. The molecule has 47 heavy (non-hydrogen) atoms. The van der Waals surface area contributed by atoms with E-state index in [1.807, 2.05) is 20.0 Å². The molecule has 1 aromatic heterocycles. The van der Waals surface area contributed by atoms with Crippen molar-refractivity contribution in [3.8, 4) is 5.75 Å². The van der Waals surface area contributed by atoms with E-state index in [4.69, 9.17) is 21.1 Å². The fraction of sp³-hybridized carbons (Fsp3) is 0.625. The number of hydrogen-bond acceptors (Lipinski definition) is 9. The monoisotopic (exact) mass is 675 g/mol. The van der Waals surface area contributed by atoms with Gasteiger partial charge in [-0.25, -0.2) is 0 Å². The van der Waals surface area contributed by atoms with Crippen LogP contribution in [0.3, 0.4) is 0 Å². The lowest BCUT2D eigenvalue weighted by molar-refractivity contribution is -0.139. The molecule has 4 bridgehead atoms. The maximum absolute atomic E-state index is 13.6. The van der Waals surface area contributed by atoms with Gasteiger partial charge >= 0.3 is 0 Å². The summed E-state index contributed by atoms with van der Waals surface area (Å²) in [5.41, 5.74) is 0.332. The van der Waals surface area contributed by atoms with Crippen LogP contribution < -0.4 is 20.7 Å². The summed E-state index contributed by atoms with van der Waals surface area (Å²) in [6, 6.07) is 2.21. The molecule has 0 spiro atoms. The third-order valence-electron chi connectivity index (χ3n) is 8.29. The lowest BCUT2D eigenvalue weighted by Gasteiger charge is -2.28. The number of amides is 4. The van der Waals surface area contributed by atoms with Crippen LogP contribution in [-0.2, 0) is 32.1 Å². The van der Waals surface area contributed by atoms with Crippen LogP contribution in [-0.4, -0.2) is 107 Å². The standard InChI is InChI=1S/C32H46ClN7O7/c1-20(2)16-25-29(43)34-11-14-39(31(45)32(9-10-32)19-46-4)13-8-23-18-40(38-37-23)12-5-15-47-26-7-6-22(17-24(26)33)28(42)36-27(21(3)41)30(44)35-25/h6-7,17-18,20-21,25,27,41H,5,8-16,19H2,1-4H3,(H,34,43)(H,35,44)(H,36,42)/t21-,25-,27+/m1/s1. The first-order valence-electron chi connectivity index (χ1n) is 16.1. The number of rotatable bonds is 6. The predicted molar refractivity (Wildman–Crippen MR) is 173 cm³/mol. The fourth-order valence-electron chi connectivity index (χ4n) is 5.51. The molecule has 2 aliphatic heterocycles. The van der Waals surface area contributed by atoms with Crippen LogP contribution >= 0.6 is 11.6 Å². The van der Waals surface area contributed by atoms with Crippen LogP contribution in [0.1, 0.15) is 62.5 Å². The smallest absolute Gasteiger partial charge is 0.252 e. The summed E-state index contributed by atoms with van der Waals surface area (Å²) >= 11 is 6.40. The first-order chi connectivity index (χ1) is 22.4. The molecule has 0 saturated heterocycles.